The molecule has 0 bridgehead atoms. The molecule has 2 rings (SSSR count). The van der Waals surface area contributed by atoms with E-state index in [1.807, 2.05) is 6.08 Å². The summed E-state index contributed by atoms with van der Waals surface area (Å²) < 4.78 is 7.59. The van der Waals surface area contributed by atoms with Gasteiger partial charge in [0.15, 0.2) is 0 Å². The quantitative estimate of drug-likeness (QED) is 0.143. The van der Waals surface area contributed by atoms with Crippen molar-refractivity contribution in [2.45, 2.75) is 85.0 Å². The van der Waals surface area contributed by atoms with Gasteiger partial charge in [-0.15, -0.1) is 6.58 Å². The van der Waals surface area contributed by atoms with Crippen molar-refractivity contribution in [1.82, 2.24) is 0 Å². The molecule has 0 aliphatic heterocycles. The summed E-state index contributed by atoms with van der Waals surface area (Å²) in [6.45, 7) is 19.4. The molecule has 1 nitrogen and oxygen atoms in total. The Balaban J connectivity index is 0. The van der Waals surface area contributed by atoms with Crippen LogP contribution in [0.15, 0.2) is 64.7 Å². The van der Waals surface area contributed by atoms with Crippen molar-refractivity contribution in [2.75, 3.05) is 0 Å². The predicted molar refractivity (Wildman–Crippen MR) is 145 cm³/mol. The molecule has 0 unspecified atom stereocenters. The minimum atomic E-state index is -0.553. The van der Waals surface area contributed by atoms with E-state index in [1.54, 1.807) is 0 Å². The molecular weight excluding hydrogens is 470 g/mol. The first-order chi connectivity index (χ1) is 14.2. The number of unbranched alkanes of at least 4 members (excludes halogenated alkanes) is 2. The van der Waals surface area contributed by atoms with Gasteiger partial charge in [-0.05, 0) is 6.42 Å². The third-order valence-electron chi connectivity index (χ3n) is 5.11. The maximum Gasteiger partial charge on any atom is -0.358 e. The molecule has 2 heteroatoms. The SMILES string of the molecule is C=CCCCC.CC(C)c1cccc(C(C)C)c1[N]=[Mo+2]=[CH]C(C)(C)c1ccccc1.[CH3-].[CH3-]. The fourth-order valence-corrected chi connectivity index (χ4v) is 5.00. The van der Waals surface area contributed by atoms with Gasteiger partial charge in [0.05, 0.1) is 0 Å². The monoisotopic (exact) mass is 519 g/mol. The van der Waals surface area contributed by atoms with Crippen LogP contribution in [0.2, 0.25) is 0 Å². The fourth-order valence-electron chi connectivity index (χ4n) is 3.11. The van der Waals surface area contributed by atoms with Crippen LogP contribution in [0.1, 0.15) is 96.3 Å². The van der Waals surface area contributed by atoms with Crippen molar-refractivity contribution in [3.8, 4) is 0 Å². The Morgan fingerprint density at radius 3 is 1.84 bits per heavy atom. The number of hydrogen-bond acceptors (Lipinski definition) is 1. The Morgan fingerprint density at radius 1 is 0.906 bits per heavy atom. The Bertz CT molecular complexity index is 799. The summed E-state index contributed by atoms with van der Waals surface area (Å²) >= 11 is -0.553. The third-order valence-corrected chi connectivity index (χ3v) is 7.53. The van der Waals surface area contributed by atoms with E-state index in [1.165, 1.54) is 41.6 Å². The standard InChI is InChI=1S/C12H17N.C10H12.C6H12.2CH3.Mo/c1-8(2)10-6-5-7-11(9(3)4)12(10)13;1-10(2,3)9-7-5-4-6-8-9;1-3-5-6-4-2;;;/h5-9H,1-4H3;1,4-8H,2-3H3;3H,1,4-6H2,2H3;2*1H3;/q;;;2*-1;+2. The summed E-state index contributed by atoms with van der Waals surface area (Å²) in [5, 5.41) is 0. The number of hydrogen-bond donors (Lipinski definition) is 0. The summed E-state index contributed by atoms with van der Waals surface area (Å²) in [5.74, 6) is 1.02. The van der Waals surface area contributed by atoms with E-state index < -0.39 is 17.9 Å². The molecule has 0 fully saturated rings. The summed E-state index contributed by atoms with van der Waals surface area (Å²) in [5.41, 5.74) is 5.48. The first-order valence-electron chi connectivity index (χ1n) is 11.2. The van der Waals surface area contributed by atoms with Crippen LogP contribution in [-0.2, 0) is 23.3 Å². The van der Waals surface area contributed by atoms with Crippen LogP contribution in [0.3, 0.4) is 0 Å². The van der Waals surface area contributed by atoms with E-state index in [4.69, 9.17) is 3.50 Å². The van der Waals surface area contributed by atoms with Crippen molar-refractivity contribution >= 4 is 10.1 Å². The van der Waals surface area contributed by atoms with Gasteiger partial charge in [0.1, 0.15) is 0 Å². The molecule has 0 N–H and O–H groups in total. The van der Waals surface area contributed by atoms with Gasteiger partial charge < -0.3 is 14.9 Å². The molecule has 0 saturated heterocycles. The van der Waals surface area contributed by atoms with E-state index in [2.05, 4.69) is 108 Å². The van der Waals surface area contributed by atoms with Crippen LogP contribution in [0.5, 0.6) is 0 Å². The van der Waals surface area contributed by atoms with Crippen molar-refractivity contribution in [2.24, 2.45) is 3.50 Å². The van der Waals surface area contributed by atoms with Crippen molar-refractivity contribution in [3.63, 3.8) is 0 Å². The van der Waals surface area contributed by atoms with Gasteiger partial charge in [-0.2, -0.15) is 0 Å². The molecule has 0 aromatic heterocycles. The molecule has 178 valence electrons. The van der Waals surface area contributed by atoms with E-state index in [0.29, 0.717) is 11.8 Å². The molecule has 32 heavy (non-hydrogen) atoms. The number of benzene rings is 2. The molecule has 0 heterocycles. The zero-order valence-electron chi connectivity index (χ0n) is 22.1. The van der Waals surface area contributed by atoms with E-state index >= 15 is 0 Å². The molecule has 0 radical (unpaired) electrons. The minimum absolute atomic E-state index is 0. The van der Waals surface area contributed by atoms with Crippen LogP contribution in [0.4, 0.5) is 5.69 Å². The second-order valence-electron chi connectivity index (χ2n) is 8.93. The average molecular weight is 518 g/mol. The van der Waals surface area contributed by atoms with Crippen molar-refractivity contribution < 1.29 is 17.9 Å². The summed E-state index contributed by atoms with van der Waals surface area (Å²) in [4.78, 5) is 0. The van der Waals surface area contributed by atoms with Crippen LogP contribution in [0, 0.1) is 14.9 Å². The van der Waals surface area contributed by atoms with Crippen LogP contribution < -0.4 is 0 Å². The van der Waals surface area contributed by atoms with E-state index in [-0.39, 0.29) is 20.3 Å². The minimum Gasteiger partial charge on any atom is -0.358 e. The molecule has 0 amide bonds. The number of rotatable bonds is 8. The van der Waals surface area contributed by atoms with Gasteiger partial charge in [-0.1, -0.05) is 25.8 Å². The normalized spacial score (nSPS) is 10.2. The third kappa shape index (κ3) is 10.9. The largest absolute Gasteiger partial charge is 0.358 e. The first-order valence-corrected chi connectivity index (χ1v) is 13.3. The average Bonchev–Trinajstić information content (AvgIpc) is 2.73. The molecule has 0 atom stereocenters. The molecular formula is C30H47MoN. The number of allylic oxidation sites excluding steroid dienone is 1. The molecule has 0 saturated carbocycles. The Kier molecular flexibility index (Phi) is 17.5. The molecule has 2 aromatic rings. The molecule has 0 aliphatic carbocycles. The maximum atomic E-state index is 5.13. The Morgan fingerprint density at radius 2 is 1.44 bits per heavy atom. The van der Waals surface area contributed by atoms with Crippen molar-refractivity contribution in [1.29, 1.82) is 0 Å². The van der Waals surface area contributed by atoms with Gasteiger partial charge in [0.2, 0.25) is 0 Å². The number of nitrogens with zero attached hydrogens (tertiary/aromatic N) is 1. The van der Waals surface area contributed by atoms with Crippen LogP contribution in [0.25, 0.3) is 0 Å². The first kappa shape index (κ1) is 32.7. The smallest absolute Gasteiger partial charge is 0.358 e. The second-order valence-corrected chi connectivity index (χ2v) is 10.5. The van der Waals surface area contributed by atoms with Gasteiger partial charge in [-0.3, -0.25) is 0 Å². The van der Waals surface area contributed by atoms with Gasteiger partial charge >= 0.3 is 156 Å². The van der Waals surface area contributed by atoms with Gasteiger partial charge in [0, 0.05) is 0 Å². The molecule has 0 aliphatic rings. The van der Waals surface area contributed by atoms with Crippen LogP contribution >= 0.6 is 0 Å². The summed E-state index contributed by atoms with van der Waals surface area (Å²) in [6.07, 6.45) is 5.72. The second kappa shape index (κ2) is 17.1. The van der Waals surface area contributed by atoms with Crippen LogP contribution in [-0.4, -0.2) is 4.40 Å². The fraction of sp³-hybridized carbons (Fsp3) is 0.433. The predicted octanol–water partition coefficient (Wildman–Crippen LogP) is 9.87. The van der Waals surface area contributed by atoms with E-state index in [0.717, 1.165) is 0 Å². The maximum absolute atomic E-state index is 5.13. The molecule has 2 aromatic carbocycles. The zero-order chi connectivity index (χ0) is 22.6. The summed E-state index contributed by atoms with van der Waals surface area (Å²) in [7, 11) is 0. The topological polar surface area (TPSA) is 12.4 Å². The molecule has 0 spiro atoms. The zero-order valence-corrected chi connectivity index (χ0v) is 24.1. The van der Waals surface area contributed by atoms with Gasteiger partial charge in [0.25, 0.3) is 0 Å². The summed E-state index contributed by atoms with van der Waals surface area (Å²) in [6, 6.07) is 17.4. The Labute approximate surface area is 208 Å². The van der Waals surface area contributed by atoms with Crippen molar-refractivity contribution in [3.05, 3.63) is 92.7 Å². The van der Waals surface area contributed by atoms with Gasteiger partial charge in [-0.25, -0.2) is 0 Å². The van der Waals surface area contributed by atoms with E-state index in [9.17, 15) is 0 Å². The Hall–Kier alpha value is -1.46.